The standard InChI is InChI=1S/C15H22N4/c1-4-15(5-2,10-16)19-14-11(3)17-12-8-6-7-9-13(12)18-14/h6-9H,4-5,10,16H2,1-3H3,(H,18,19). The average Bonchev–Trinajstić information content (AvgIpc) is 2.45. The number of hydrogen-bond acceptors (Lipinski definition) is 4. The van der Waals surface area contributed by atoms with E-state index < -0.39 is 0 Å². The molecule has 2 rings (SSSR count). The molecule has 0 aliphatic rings. The molecule has 3 N–H and O–H groups in total. The zero-order valence-electron chi connectivity index (χ0n) is 11.9. The van der Waals surface area contributed by atoms with Gasteiger partial charge in [-0.3, -0.25) is 0 Å². The zero-order chi connectivity index (χ0) is 13.9. The summed E-state index contributed by atoms with van der Waals surface area (Å²) >= 11 is 0. The van der Waals surface area contributed by atoms with Gasteiger partial charge in [0.05, 0.1) is 22.3 Å². The molecule has 0 fully saturated rings. The topological polar surface area (TPSA) is 63.8 Å². The van der Waals surface area contributed by atoms with E-state index in [1.165, 1.54) is 0 Å². The van der Waals surface area contributed by atoms with Crippen molar-refractivity contribution in [3.05, 3.63) is 30.0 Å². The van der Waals surface area contributed by atoms with Crippen molar-refractivity contribution >= 4 is 16.9 Å². The quantitative estimate of drug-likeness (QED) is 0.865. The van der Waals surface area contributed by atoms with Gasteiger partial charge < -0.3 is 11.1 Å². The second-order valence-corrected chi connectivity index (χ2v) is 4.96. The lowest BCUT2D eigenvalue weighted by Crippen LogP contribution is -2.44. The van der Waals surface area contributed by atoms with E-state index in [1.807, 2.05) is 31.2 Å². The molecule has 0 bridgehead atoms. The summed E-state index contributed by atoms with van der Waals surface area (Å²) in [6.07, 6.45) is 1.93. The molecule has 0 radical (unpaired) electrons. The van der Waals surface area contributed by atoms with Crippen molar-refractivity contribution in [2.45, 2.75) is 39.2 Å². The summed E-state index contributed by atoms with van der Waals surface area (Å²) in [7, 11) is 0. The Morgan fingerprint density at radius 2 is 1.68 bits per heavy atom. The van der Waals surface area contributed by atoms with Crippen LogP contribution in [0.1, 0.15) is 32.4 Å². The van der Waals surface area contributed by atoms with Crippen LogP contribution in [-0.2, 0) is 0 Å². The molecule has 1 aromatic heterocycles. The summed E-state index contributed by atoms with van der Waals surface area (Å²) in [5.74, 6) is 0.841. The van der Waals surface area contributed by atoms with Gasteiger partial charge in [-0.15, -0.1) is 0 Å². The van der Waals surface area contributed by atoms with Crippen LogP contribution >= 0.6 is 0 Å². The highest BCUT2D eigenvalue weighted by molar-refractivity contribution is 5.76. The molecule has 0 unspecified atom stereocenters. The molecule has 0 spiro atoms. The van der Waals surface area contributed by atoms with Gasteiger partial charge in [0, 0.05) is 6.54 Å². The Balaban J connectivity index is 2.42. The third kappa shape index (κ3) is 2.68. The zero-order valence-corrected chi connectivity index (χ0v) is 11.9. The van der Waals surface area contributed by atoms with E-state index >= 15 is 0 Å². The van der Waals surface area contributed by atoms with Gasteiger partial charge in [0.25, 0.3) is 0 Å². The largest absolute Gasteiger partial charge is 0.362 e. The molecule has 102 valence electrons. The molecule has 2 aromatic rings. The van der Waals surface area contributed by atoms with E-state index in [-0.39, 0.29) is 5.54 Å². The Hall–Kier alpha value is -1.68. The van der Waals surface area contributed by atoms with E-state index in [2.05, 4.69) is 29.1 Å². The van der Waals surface area contributed by atoms with Gasteiger partial charge in [-0.25, -0.2) is 9.97 Å². The number of nitrogens with zero attached hydrogens (tertiary/aromatic N) is 2. The van der Waals surface area contributed by atoms with Crippen LogP contribution in [0.4, 0.5) is 5.82 Å². The number of aromatic nitrogens is 2. The Kier molecular flexibility index (Phi) is 4.00. The minimum absolute atomic E-state index is 0.0953. The van der Waals surface area contributed by atoms with E-state index in [9.17, 15) is 0 Å². The number of para-hydroxylation sites is 2. The fourth-order valence-electron chi connectivity index (χ4n) is 2.22. The van der Waals surface area contributed by atoms with Crippen LogP contribution in [0.3, 0.4) is 0 Å². The molecule has 0 amide bonds. The number of nitrogens with one attached hydrogen (secondary N) is 1. The Morgan fingerprint density at radius 1 is 1.11 bits per heavy atom. The molecule has 0 saturated carbocycles. The molecule has 1 aromatic carbocycles. The van der Waals surface area contributed by atoms with Crippen LogP contribution in [0.5, 0.6) is 0 Å². The van der Waals surface area contributed by atoms with Crippen LogP contribution in [-0.4, -0.2) is 22.1 Å². The van der Waals surface area contributed by atoms with Crippen LogP contribution in [0, 0.1) is 6.92 Å². The van der Waals surface area contributed by atoms with Crippen LogP contribution in [0.25, 0.3) is 11.0 Å². The first-order valence-electron chi connectivity index (χ1n) is 6.85. The molecule has 4 nitrogen and oxygen atoms in total. The van der Waals surface area contributed by atoms with Gasteiger partial charge >= 0.3 is 0 Å². The third-order valence-electron chi connectivity index (χ3n) is 3.87. The van der Waals surface area contributed by atoms with Gasteiger partial charge in [-0.1, -0.05) is 26.0 Å². The number of anilines is 1. The second kappa shape index (κ2) is 5.53. The minimum atomic E-state index is -0.0953. The molecule has 1 heterocycles. The Labute approximate surface area is 114 Å². The molecule has 0 aliphatic heterocycles. The van der Waals surface area contributed by atoms with Crippen molar-refractivity contribution in [2.75, 3.05) is 11.9 Å². The summed E-state index contributed by atoms with van der Waals surface area (Å²) in [6, 6.07) is 7.92. The lowest BCUT2D eigenvalue weighted by molar-refractivity contribution is 0.443. The second-order valence-electron chi connectivity index (χ2n) is 4.96. The number of aryl methyl sites for hydroxylation is 1. The number of nitrogens with two attached hydrogens (primary N) is 1. The predicted octanol–water partition coefficient (Wildman–Crippen LogP) is 2.87. The third-order valence-corrected chi connectivity index (χ3v) is 3.87. The SMILES string of the molecule is CCC(CC)(CN)Nc1nc2ccccc2nc1C. The lowest BCUT2D eigenvalue weighted by Gasteiger charge is -2.32. The van der Waals surface area contributed by atoms with Crippen molar-refractivity contribution < 1.29 is 0 Å². The fourth-order valence-corrected chi connectivity index (χ4v) is 2.22. The van der Waals surface area contributed by atoms with Crippen LogP contribution in [0.2, 0.25) is 0 Å². The summed E-state index contributed by atoms with van der Waals surface area (Å²) in [5.41, 5.74) is 8.59. The normalized spacial score (nSPS) is 11.8. The molecule has 19 heavy (non-hydrogen) atoms. The average molecular weight is 258 g/mol. The minimum Gasteiger partial charge on any atom is -0.362 e. The Bertz CT molecular complexity index is 553. The molecule has 4 heteroatoms. The number of hydrogen-bond donors (Lipinski definition) is 2. The highest BCUT2D eigenvalue weighted by Gasteiger charge is 2.25. The molecule has 0 aliphatic carbocycles. The van der Waals surface area contributed by atoms with E-state index in [1.54, 1.807) is 0 Å². The first-order valence-corrected chi connectivity index (χ1v) is 6.85. The number of rotatable bonds is 5. The van der Waals surface area contributed by atoms with Crippen molar-refractivity contribution in [3.8, 4) is 0 Å². The summed E-state index contributed by atoms with van der Waals surface area (Å²) in [4.78, 5) is 9.27. The lowest BCUT2D eigenvalue weighted by atomic mass is 9.93. The van der Waals surface area contributed by atoms with Crippen molar-refractivity contribution in [2.24, 2.45) is 5.73 Å². The van der Waals surface area contributed by atoms with Gasteiger partial charge in [0.1, 0.15) is 5.82 Å². The van der Waals surface area contributed by atoms with Gasteiger partial charge in [0.15, 0.2) is 0 Å². The van der Waals surface area contributed by atoms with Gasteiger partial charge in [-0.05, 0) is 31.9 Å². The first-order chi connectivity index (χ1) is 9.14. The maximum Gasteiger partial charge on any atom is 0.148 e. The number of fused-ring (bicyclic) bond motifs is 1. The van der Waals surface area contributed by atoms with E-state index in [4.69, 9.17) is 5.73 Å². The van der Waals surface area contributed by atoms with Crippen molar-refractivity contribution in [1.29, 1.82) is 0 Å². The van der Waals surface area contributed by atoms with Gasteiger partial charge in [0.2, 0.25) is 0 Å². The van der Waals surface area contributed by atoms with Crippen molar-refractivity contribution in [1.82, 2.24) is 9.97 Å². The van der Waals surface area contributed by atoms with Gasteiger partial charge in [-0.2, -0.15) is 0 Å². The highest BCUT2D eigenvalue weighted by Crippen LogP contribution is 2.23. The monoisotopic (exact) mass is 258 g/mol. The van der Waals surface area contributed by atoms with Crippen LogP contribution in [0.15, 0.2) is 24.3 Å². The Morgan fingerprint density at radius 3 is 2.21 bits per heavy atom. The van der Waals surface area contributed by atoms with Crippen molar-refractivity contribution in [3.63, 3.8) is 0 Å². The predicted molar refractivity (Wildman–Crippen MR) is 80.3 cm³/mol. The maximum atomic E-state index is 5.93. The smallest absolute Gasteiger partial charge is 0.148 e. The molecule has 0 saturated heterocycles. The molecular formula is C15H22N4. The van der Waals surface area contributed by atoms with E-state index in [0.717, 1.165) is 35.4 Å². The number of benzene rings is 1. The maximum absolute atomic E-state index is 5.93. The highest BCUT2D eigenvalue weighted by atomic mass is 15.1. The summed E-state index contributed by atoms with van der Waals surface area (Å²) in [5, 5.41) is 3.50. The summed E-state index contributed by atoms with van der Waals surface area (Å²) < 4.78 is 0. The fraction of sp³-hybridized carbons (Fsp3) is 0.467. The molecule has 0 atom stereocenters. The first kappa shape index (κ1) is 13.7. The van der Waals surface area contributed by atoms with Crippen LogP contribution < -0.4 is 11.1 Å². The van der Waals surface area contributed by atoms with E-state index in [0.29, 0.717) is 6.54 Å². The molecular weight excluding hydrogens is 236 g/mol. The summed E-state index contributed by atoms with van der Waals surface area (Å²) in [6.45, 7) is 6.86.